The van der Waals surface area contributed by atoms with Crippen molar-refractivity contribution in [3.63, 3.8) is 0 Å². The number of carbonyl (C=O) groups is 2. The summed E-state index contributed by atoms with van der Waals surface area (Å²) in [6.45, 7) is 5.38. The first-order chi connectivity index (χ1) is 14.1. The van der Waals surface area contributed by atoms with Crippen LogP contribution in [0.1, 0.15) is 64.7 Å². The van der Waals surface area contributed by atoms with E-state index in [1.807, 2.05) is 16.5 Å². The number of aromatic nitrogens is 3. The average Bonchev–Trinajstić information content (AvgIpc) is 3.16. The van der Waals surface area contributed by atoms with Gasteiger partial charge in [0, 0.05) is 24.3 Å². The van der Waals surface area contributed by atoms with E-state index in [1.54, 1.807) is 24.3 Å². The molecule has 2 saturated heterocycles. The maximum absolute atomic E-state index is 12.8. The maximum atomic E-state index is 12.8. The fourth-order valence-electron chi connectivity index (χ4n) is 4.15. The minimum atomic E-state index is -0.301. The second-order valence-corrected chi connectivity index (χ2v) is 7.84. The molecule has 0 spiro atoms. The van der Waals surface area contributed by atoms with Crippen LogP contribution in [0.4, 0.5) is 5.69 Å². The summed E-state index contributed by atoms with van der Waals surface area (Å²) < 4.78 is 1.87. The van der Waals surface area contributed by atoms with E-state index in [9.17, 15) is 9.59 Å². The van der Waals surface area contributed by atoms with Crippen LogP contribution in [0.5, 0.6) is 0 Å². The van der Waals surface area contributed by atoms with Crippen LogP contribution in [0, 0.1) is 6.92 Å². The molecule has 2 N–H and O–H groups in total. The van der Waals surface area contributed by atoms with Crippen molar-refractivity contribution in [1.82, 2.24) is 25.2 Å². The quantitative estimate of drug-likeness (QED) is 0.775. The molecule has 1 aromatic heterocycles. The fraction of sp³-hybridized carbons (Fsp3) is 0.524. The van der Waals surface area contributed by atoms with Gasteiger partial charge in [-0.25, -0.2) is 4.68 Å². The van der Waals surface area contributed by atoms with Gasteiger partial charge in [0.25, 0.3) is 11.8 Å². The highest BCUT2D eigenvalue weighted by molar-refractivity contribution is 6.04. The van der Waals surface area contributed by atoms with Gasteiger partial charge in [-0.3, -0.25) is 9.59 Å². The molecule has 30 heavy (non-hydrogen) atoms. The molecule has 0 aliphatic carbocycles. The van der Waals surface area contributed by atoms with Crippen molar-refractivity contribution in [2.24, 2.45) is 0 Å². The van der Waals surface area contributed by atoms with Crippen LogP contribution in [-0.4, -0.2) is 57.9 Å². The molecule has 2 aromatic rings. The zero-order valence-electron chi connectivity index (χ0n) is 17.3. The highest BCUT2D eigenvalue weighted by atomic mass is 35.5. The predicted octanol–water partition coefficient (Wildman–Crippen LogP) is 2.81. The minimum Gasteiger partial charge on any atom is -0.339 e. The molecule has 0 unspecified atom stereocenters. The SMILES string of the molecule is Cc1c(C(=O)Nc2cccc(C(=O)N3CCCCC3)c2)nnn1C1CCNCC1.Cl. The summed E-state index contributed by atoms with van der Waals surface area (Å²) in [6.07, 6.45) is 5.23. The van der Waals surface area contributed by atoms with E-state index in [-0.39, 0.29) is 30.3 Å². The number of benzene rings is 1. The van der Waals surface area contributed by atoms with Gasteiger partial charge in [-0.2, -0.15) is 0 Å². The van der Waals surface area contributed by atoms with Crippen molar-refractivity contribution >= 4 is 29.9 Å². The lowest BCUT2D eigenvalue weighted by atomic mass is 10.1. The van der Waals surface area contributed by atoms with Crippen LogP contribution < -0.4 is 10.6 Å². The summed E-state index contributed by atoms with van der Waals surface area (Å²) in [5, 5.41) is 14.6. The van der Waals surface area contributed by atoms with E-state index in [2.05, 4.69) is 20.9 Å². The zero-order chi connectivity index (χ0) is 20.2. The Hall–Kier alpha value is -2.45. The summed E-state index contributed by atoms with van der Waals surface area (Å²) in [6, 6.07) is 7.39. The molecule has 0 saturated carbocycles. The second kappa shape index (κ2) is 10.0. The number of carbonyl (C=O) groups excluding carboxylic acids is 2. The Kier molecular flexibility index (Phi) is 7.44. The predicted molar refractivity (Wildman–Crippen MR) is 117 cm³/mol. The minimum absolute atomic E-state index is 0. The van der Waals surface area contributed by atoms with Crippen LogP contribution in [0.25, 0.3) is 0 Å². The largest absolute Gasteiger partial charge is 0.339 e. The van der Waals surface area contributed by atoms with E-state index in [0.29, 0.717) is 16.9 Å². The number of halogens is 1. The first kappa shape index (κ1) is 22.2. The van der Waals surface area contributed by atoms with Crippen LogP contribution in [-0.2, 0) is 0 Å². The number of rotatable bonds is 4. The van der Waals surface area contributed by atoms with Crippen molar-refractivity contribution in [1.29, 1.82) is 0 Å². The van der Waals surface area contributed by atoms with Crippen molar-refractivity contribution in [2.75, 3.05) is 31.5 Å². The second-order valence-electron chi connectivity index (χ2n) is 7.84. The lowest BCUT2D eigenvalue weighted by molar-refractivity contribution is 0.0724. The smallest absolute Gasteiger partial charge is 0.278 e. The Labute approximate surface area is 182 Å². The Morgan fingerprint density at radius 2 is 1.87 bits per heavy atom. The number of nitrogens with zero attached hydrogens (tertiary/aromatic N) is 4. The van der Waals surface area contributed by atoms with E-state index in [0.717, 1.165) is 57.6 Å². The molecule has 8 nitrogen and oxygen atoms in total. The van der Waals surface area contributed by atoms with Gasteiger partial charge in [-0.15, -0.1) is 17.5 Å². The van der Waals surface area contributed by atoms with Gasteiger partial charge in [-0.05, 0) is 70.3 Å². The third-order valence-electron chi connectivity index (χ3n) is 5.81. The zero-order valence-corrected chi connectivity index (χ0v) is 18.1. The monoisotopic (exact) mass is 432 g/mol. The summed E-state index contributed by atoms with van der Waals surface area (Å²) in [5.41, 5.74) is 2.29. The number of likely N-dealkylation sites (tertiary alicyclic amines) is 1. The van der Waals surface area contributed by atoms with Crippen LogP contribution in [0.2, 0.25) is 0 Å². The Morgan fingerprint density at radius 3 is 2.60 bits per heavy atom. The highest BCUT2D eigenvalue weighted by Gasteiger charge is 2.23. The van der Waals surface area contributed by atoms with Gasteiger partial charge >= 0.3 is 0 Å². The molecule has 1 aromatic carbocycles. The van der Waals surface area contributed by atoms with Crippen molar-refractivity contribution < 1.29 is 9.59 Å². The number of hydrogen-bond acceptors (Lipinski definition) is 5. The summed E-state index contributed by atoms with van der Waals surface area (Å²) in [7, 11) is 0. The van der Waals surface area contributed by atoms with Crippen LogP contribution in [0.3, 0.4) is 0 Å². The van der Waals surface area contributed by atoms with E-state index in [4.69, 9.17) is 0 Å². The molecule has 9 heteroatoms. The van der Waals surface area contributed by atoms with Crippen molar-refractivity contribution in [3.05, 3.63) is 41.2 Å². The molecule has 0 atom stereocenters. The average molecular weight is 433 g/mol. The Bertz CT molecular complexity index is 887. The fourth-order valence-corrected chi connectivity index (χ4v) is 4.15. The van der Waals surface area contributed by atoms with E-state index in [1.165, 1.54) is 6.42 Å². The lowest BCUT2D eigenvalue weighted by Gasteiger charge is -2.26. The molecule has 3 heterocycles. The summed E-state index contributed by atoms with van der Waals surface area (Å²) in [4.78, 5) is 27.4. The number of hydrogen-bond donors (Lipinski definition) is 2. The Balaban J connectivity index is 0.00000256. The van der Waals surface area contributed by atoms with E-state index >= 15 is 0 Å². The first-order valence-corrected chi connectivity index (χ1v) is 10.5. The van der Waals surface area contributed by atoms with Crippen LogP contribution in [0.15, 0.2) is 24.3 Å². The van der Waals surface area contributed by atoms with E-state index < -0.39 is 0 Å². The molecule has 2 fully saturated rings. The van der Waals surface area contributed by atoms with Gasteiger partial charge in [0.15, 0.2) is 5.69 Å². The third kappa shape index (κ3) is 4.82. The number of anilines is 1. The topological polar surface area (TPSA) is 92.2 Å². The molecular formula is C21H29ClN6O2. The summed E-state index contributed by atoms with van der Waals surface area (Å²) >= 11 is 0. The van der Waals surface area contributed by atoms with Gasteiger partial charge in [-0.1, -0.05) is 11.3 Å². The van der Waals surface area contributed by atoms with Gasteiger partial charge < -0.3 is 15.5 Å². The first-order valence-electron chi connectivity index (χ1n) is 10.5. The molecule has 4 rings (SSSR count). The van der Waals surface area contributed by atoms with Gasteiger partial charge in [0.2, 0.25) is 0 Å². The third-order valence-corrected chi connectivity index (χ3v) is 5.81. The molecule has 2 aliphatic heterocycles. The molecule has 2 aliphatic rings. The van der Waals surface area contributed by atoms with Crippen molar-refractivity contribution in [3.8, 4) is 0 Å². The molecular weight excluding hydrogens is 404 g/mol. The van der Waals surface area contributed by atoms with Gasteiger partial charge in [0.05, 0.1) is 11.7 Å². The molecule has 2 amide bonds. The number of piperidine rings is 2. The normalized spacial score (nSPS) is 17.3. The van der Waals surface area contributed by atoms with Gasteiger partial charge in [0.1, 0.15) is 0 Å². The molecule has 0 radical (unpaired) electrons. The molecule has 0 bridgehead atoms. The highest BCUT2D eigenvalue weighted by Crippen LogP contribution is 2.21. The Morgan fingerprint density at radius 1 is 1.13 bits per heavy atom. The maximum Gasteiger partial charge on any atom is 0.278 e. The number of amides is 2. The van der Waals surface area contributed by atoms with Crippen molar-refractivity contribution in [2.45, 2.75) is 45.1 Å². The summed E-state index contributed by atoms with van der Waals surface area (Å²) in [5.74, 6) is -0.279. The standard InChI is InChI=1S/C21H28N6O2.ClH/c1-15-19(24-25-27(15)18-8-10-22-11-9-18)20(28)23-17-7-5-6-16(14-17)21(29)26-12-3-2-4-13-26;/h5-7,14,18,22H,2-4,8-13H2,1H3,(H,23,28);1H. The van der Waals surface area contributed by atoms with Crippen LogP contribution >= 0.6 is 12.4 Å². The molecule has 162 valence electrons. The number of nitrogens with one attached hydrogen (secondary N) is 2. The lowest BCUT2D eigenvalue weighted by Crippen LogP contribution is -2.35.